The second-order valence-electron chi connectivity index (χ2n) is 3.89. The molecule has 0 bridgehead atoms. The standard InChI is InChI=1S/C10H17N3O2/c1-3-4-10(2,15)6-12-9(14)8-5-11-7-13-8/h5,7,15H,3-4,6H2,1-2H3,(H,11,13)(H,12,14). The molecule has 5 nitrogen and oxygen atoms in total. The second-order valence-corrected chi connectivity index (χ2v) is 3.89. The maximum atomic E-state index is 11.5. The Labute approximate surface area is 88.9 Å². The molecular weight excluding hydrogens is 194 g/mol. The van der Waals surface area contributed by atoms with Gasteiger partial charge in [0.2, 0.25) is 0 Å². The minimum Gasteiger partial charge on any atom is -0.388 e. The summed E-state index contributed by atoms with van der Waals surface area (Å²) in [6.45, 7) is 3.95. The van der Waals surface area contributed by atoms with E-state index in [1.165, 1.54) is 12.5 Å². The van der Waals surface area contributed by atoms with E-state index in [4.69, 9.17) is 0 Å². The highest BCUT2D eigenvalue weighted by molar-refractivity contribution is 5.91. The molecule has 0 saturated heterocycles. The van der Waals surface area contributed by atoms with E-state index in [-0.39, 0.29) is 12.5 Å². The number of imidazole rings is 1. The Hall–Kier alpha value is -1.36. The summed E-state index contributed by atoms with van der Waals surface area (Å²) in [7, 11) is 0. The molecule has 1 heterocycles. The topological polar surface area (TPSA) is 78.0 Å². The zero-order valence-corrected chi connectivity index (χ0v) is 9.08. The third kappa shape index (κ3) is 3.71. The smallest absolute Gasteiger partial charge is 0.269 e. The van der Waals surface area contributed by atoms with Crippen LogP contribution in [0.15, 0.2) is 12.5 Å². The first-order chi connectivity index (χ1) is 7.05. The molecule has 0 aliphatic heterocycles. The summed E-state index contributed by atoms with van der Waals surface area (Å²) in [6.07, 6.45) is 4.44. The average molecular weight is 211 g/mol. The Bertz CT molecular complexity index is 306. The van der Waals surface area contributed by atoms with Gasteiger partial charge < -0.3 is 15.4 Å². The molecule has 1 rings (SSSR count). The van der Waals surface area contributed by atoms with E-state index < -0.39 is 5.60 Å². The fourth-order valence-electron chi connectivity index (χ4n) is 1.37. The molecule has 0 aliphatic rings. The highest BCUT2D eigenvalue weighted by Gasteiger charge is 2.20. The molecule has 1 aromatic rings. The van der Waals surface area contributed by atoms with Crippen LogP contribution in [0, 0.1) is 0 Å². The van der Waals surface area contributed by atoms with E-state index in [2.05, 4.69) is 15.3 Å². The molecule has 15 heavy (non-hydrogen) atoms. The number of nitrogens with zero attached hydrogens (tertiary/aromatic N) is 1. The van der Waals surface area contributed by atoms with Crippen LogP contribution in [-0.4, -0.2) is 33.1 Å². The minimum absolute atomic E-state index is 0.246. The van der Waals surface area contributed by atoms with Crippen LogP contribution in [0.5, 0.6) is 0 Å². The molecule has 3 N–H and O–H groups in total. The lowest BCUT2D eigenvalue weighted by Crippen LogP contribution is -2.40. The Kier molecular flexibility index (Phi) is 3.85. The summed E-state index contributed by atoms with van der Waals surface area (Å²) in [5, 5.41) is 12.5. The second kappa shape index (κ2) is 4.93. The molecule has 1 unspecified atom stereocenters. The van der Waals surface area contributed by atoms with Crippen molar-refractivity contribution in [1.82, 2.24) is 15.3 Å². The molecule has 1 aromatic heterocycles. The fourth-order valence-corrected chi connectivity index (χ4v) is 1.37. The Balaban J connectivity index is 2.40. The summed E-state index contributed by atoms with van der Waals surface area (Å²) in [6, 6.07) is 0. The predicted octanol–water partition coefficient (Wildman–Crippen LogP) is 0.691. The quantitative estimate of drug-likeness (QED) is 0.670. The normalized spacial score (nSPS) is 14.6. The lowest BCUT2D eigenvalue weighted by Gasteiger charge is -2.22. The largest absolute Gasteiger partial charge is 0.388 e. The molecular formula is C10H17N3O2. The number of aromatic nitrogens is 2. The maximum absolute atomic E-state index is 11.5. The van der Waals surface area contributed by atoms with Crippen molar-refractivity contribution in [3.63, 3.8) is 0 Å². The first-order valence-electron chi connectivity index (χ1n) is 5.04. The highest BCUT2D eigenvalue weighted by Crippen LogP contribution is 2.10. The molecule has 0 aromatic carbocycles. The SMILES string of the molecule is CCCC(C)(O)CNC(=O)c1cnc[nH]1. The Morgan fingerprint density at radius 1 is 1.73 bits per heavy atom. The van der Waals surface area contributed by atoms with Crippen LogP contribution in [0.1, 0.15) is 37.2 Å². The van der Waals surface area contributed by atoms with Crippen LogP contribution < -0.4 is 5.32 Å². The van der Waals surface area contributed by atoms with Gasteiger partial charge in [-0.15, -0.1) is 0 Å². The van der Waals surface area contributed by atoms with Crippen LogP contribution in [0.2, 0.25) is 0 Å². The number of aromatic amines is 1. The van der Waals surface area contributed by atoms with E-state index in [0.717, 1.165) is 6.42 Å². The number of hydrogen-bond acceptors (Lipinski definition) is 3. The molecule has 0 spiro atoms. The van der Waals surface area contributed by atoms with Gasteiger partial charge in [-0.3, -0.25) is 4.79 Å². The number of carbonyl (C=O) groups excluding carboxylic acids is 1. The Morgan fingerprint density at radius 3 is 3.00 bits per heavy atom. The molecule has 1 atom stereocenters. The van der Waals surface area contributed by atoms with Gasteiger partial charge in [0.25, 0.3) is 5.91 Å². The van der Waals surface area contributed by atoms with E-state index in [9.17, 15) is 9.90 Å². The Morgan fingerprint density at radius 2 is 2.47 bits per heavy atom. The van der Waals surface area contributed by atoms with Crippen LogP contribution >= 0.6 is 0 Å². The van der Waals surface area contributed by atoms with E-state index in [1.54, 1.807) is 6.92 Å². The lowest BCUT2D eigenvalue weighted by atomic mass is 10.0. The monoisotopic (exact) mass is 211 g/mol. The number of rotatable bonds is 5. The van der Waals surface area contributed by atoms with Crippen molar-refractivity contribution in [2.45, 2.75) is 32.3 Å². The van der Waals surface area contributed by atoms with Gasteiger partial charge in [0.15, 0.2) is 0 Å². The number of amides is 1. The van der Waals surface area contributed by atoms with Gasteiger partial charge in [0, 0.05) is 6.54 Å². The molecule has 0 radical (unpaired) electrons. The van der Waals surface area contributed by atoms with E-state index in [1.807, 2.05) is 6.92 Å². The lowest BCUT2D eigenvalue weighted by molar-refractivity contribution is 0.0468. The molecule has 0 aliphatic carbocycles. The average Bonchev–Trinajstić information content (AvgIpc) is 2.67. The summed E-state index contributed by atoms with van der Waals surface area (Å²) >= 11 is 0. The summed E-state index contributed by atoms with van der Waals surface area (Å²) < 4.78 is 0. The van der Waals surface area contributed by atoms with Crippen molar-refractivity contribution in [3.8, 4) is 0 Å². The van der Waals surface area contributed by atoms with Crippen molar-refractivity contribution < 1.29 is 9.90 Å². The third-order valence-electron chi connectivity index (χ3n) is 2.16. The van der Waals surface area contributed by atoms with Gasteiger partial charge in [-0.2, -0.15) is 0 Å². The zero-order valence-electron chi connectivity index (χ0n) is 9.08. The van der Waals surface area contributed by atoms with Crippen LogP contribution in [0.4, 0.5) is 0 Å². The number of H-pyrrole nitrogens is 1. The summed E-state index contributed by atoms with van der Waals surface area (Å²) in [4.78, 5) is 17.9. The van der Waals surface area contributed by atoms with Gasteiger partial charge >= 0.3 is 0 Å². The van der Waals surface area contributed by atoms with Crippen molar-refractivity contribution >= 4 is 5.91 Å². The summed E-state index contributed by atoms with van der Waals surface area (Å²) in [5.41, 5.74) is -0.438. The maximum Gasteiger partial charge on any atom is 0.269 e. The van der Waals surface area contributed by atoms with Crippen LogP contribution in [0.25, 0.3) is 0 Å². The minimum atomic E-state index is -0.843. The molecule has 84 valence electrons. The molecule has 0 fully saturated rings. The number of hydrogen-bond donors (Lipinski definition) is 3. The van der Waals surface area contributed by atoms with E-state index in [0.29, 0.717) is 12.1 Å². The van der Waals surface area contributed by atoms with Gasteiger partial charge in [-0.1, -0.05) is 13.3 Å². The first kappa shape index (κ1) is 11.7. The van der Waals surface area contributed by atoms with Crippen molar-refractivity contribution in [3.05, 3.63) is 18.2 Å². The van der Waals surface area contributed by atoms with Crippen LogP contribution in [-0.2, 0) is 0 Å². The molecule has 5 heteroatoms. The number of carbonyl (C=O) groups is 1. The van der Waals surface area contributed by atoms with Crippen molar-refractivity contribution in [1.29, 1.82) is 0 Å². The van der Waals surface area contributed by atoms with Crippen molar-refractivity contribution in [2.75, 3.05) is 6.54 Å². The number of nitrogens with one attached hydrogen (secondary N) is 2. The number of aliphatic hydroxyl groups is 1. The fraction of sp³-hybridized carbons (Fsp3) is 0.600. The predicted molar refractivity (Wildman–Crippen MR) is 56.5 cm³/mol. The van der Waals surface area contributed by atoms with Gasteiger partial charge in [0.05, 0.1) is 18.1 Å². The van der Waals surface area contributed by atoms with E-state index >= 15 is 0 Å². The van der Waals surface area contributed by atoms with Gasteiger partial charge in [0.1, 0.15) is 5.69 Å². The molecule has 0 saturated carbocycles. The highest BCUT2D eigenvalue weighted by atomic mass is 16.3. The summed E-state index contributed by atoms with van der Waals surface area (Å²) in [5.74, 6) is -0.246. The first-order valence-corrected chi connectivity index (χ1v) is 5.04. The van der Waals surface area contributed by atoms with Crippen molar-refractivity contribution in [2.24, 2.45) is 0 Å². The van der Waals surface area contributed by atoms with Gasteiger partial charge in [-0.25, -0.2) is 4.98 Å². The molecule has 1 amide bonds. The zero-order chi connectivity index (χ0) is 11.3. The third-order valence-corrected chi connectivity index (χ3v) is 2.16. The van der Waals surface area contributed by atoms with Gasteiger partial charge in [-0.05, 0) is 13.3 Å². The van der Waals surface area contributed by atoms with Crippen LogP contribution in [0.3, 0.4) is 0 Å².